The van der Waals surface area contributed by atoms with Gasteiger partial charge in [-0.2, -0.15) is 0 Å². The Morgan fingerprint density at radius 1 is 1.00 bits per heavy atom. The van der Waals surface area contributed by atoms with Gasteiger partial charge in [0.15, 0.2) is 0 Å². The standard InChI is InChI=1S/C23H31N3O3/c1-18(2)21-6-4-5-7-22(21)24-23(27)26-14-12-25(13-15-26)16-17-29-20-10-8-19(28-3)9-11-20/h4-11,18H,12-17H2,1-3H3,(H,24,27). The Kier molecular flexibility index (Phi) is 7.36. The molecule has 0 radical (unpaired) electrons. The van der Waals surface area contributed by atoms with Crippen molar-refractivity contribution < 1.29 is 14.3 Å². The van der Waals surface area contributed by atoms with E-state index < -0.39 is 0 Å². The molecule has 156 valence electrons. The number of benzene rings is 2. The van der Waals surface area contributed by atoms with Gasteiger partial charge in [0, 0.05) is 38.4 Å². The van der Waals surface area contributed by atoms with Crippen LogP contribution in [0.3, 0.4) is 0 Å². The third-order valence-electron chi connectivity index (χ3n) is 5.22. The lowest BCUT2D eigenvalue weighted by Crippen LogP contribution is -2.50. The molecular formula is C23H31N3O3. The number of nitrogens with one attached hydrogen (secondary N) is 1. The monoisotopic (exact) mass is 397 g/mol. The highest BCUT2D eigenvalue weighted by Gasteiger charge is 2.21. The van der Waals surface area contributed by atoms with Crippen molar-refractivity contribution in [1.82, 2.24) is 9.80 Å². The number of anilines is 1. The Bertz CT molecular complexity index is 784. The van der Waals surface area contributed by atoms with Crippen LogP contribution in [-0.2, 0) is 0 Å². The highest BCUT2D eigenvalue weighted by atomic mass is 16.5. The summed E-state index contributed by atoms with van der Waals surface area (Å²) in [5.41, 5.74) is 2.07. The maximum Gasteiger partial charge on any atom is 0.321 e. The summed E-state index contributed by atoms with van der Waals surface area (Å²) in [6.45, 7) is 8.89. The number of hydrogen-bond donors (Lipinski definition) is 1. The molecule has 29 heavy (non-hydrogen) atoms. The number of carbonyl (C=O) groups excluding carboxylic acids is 1. The molecule has 0 aliphatic carbocycles. The number of amides is 2. The SMILES string of the molecule is COc1ccc(OCCN2CCN(C(=O)Nc3ccccc3C(C)C)CC2)cc1. The van der Waals surface area contributed by atoms with E-state index in [1.165, 1.54) is 0 Å². The van der Waals surface area contributed by atoms with Gasteiger partial charge in [-0.05, 0) is 41.8 Å². The maximum atomic E-state index is 12.7. The molecule has 0 bridgehead atoms. The third kappa shape index (κ3) is 5.87. The molecule has 1 saturated heterocycles. The van der Waals surface area contributed by atoms with E-state index in [9.17, 15) is 4.79 Å². The van der Waals surface area contributed by atoms with Crippen LogP contribution in [0.2, 0.25) is 0 Å². The fourth-order valence-corrected chi connectivity index (χ4v) is 3.45. The molecule has 0 unspecified atom stereocenters. The van der Waals surface area contributed by atoms with Gasteiger partial charge >= 0.3 is 6.03 Å². The van der Waals surface area contributed by atoms with Crippen LogP contribution in [0.15, 0.2) is 48.5 Å². The Labute approximate surface area is 173 Å². The zero-order valence-corrected chi connectivity index (χ0v) is 17.6. The van der Waals surface area contributed by atoms with Crippen LogP contribution >= 0.6 is 0 Å². The van der Waals surface area contributed by atoms with E-state index in [2.05, 4.69) is 30.1 Å². The number of urea groups is 1. The number of nitrogens with zero attached hydrogens (tertiary/aromatic N) is 2. The van der Waals surface area contributed by atoms with Gasteiger partial charge in [0.05, 0.1) is 7.11 Å². The number of carbonyl (C=O) groups is 1. The largest absolute Gasteiger partial charge is 0.497 e. The molecule has 0 saturated carbocycles. The molecule has 2 amide bonds. The minimum atomic E-state index is -0.0211. The molecule has 1 fully saturated rings. The summed E-state index contributed by atoms with van der Waals surface area (Å²) in [5, 5.41) is 3.08. The van der Waals surface area contributed by atoms with Crippen molar-refractivity contribution in [1.29, 1.82) is 0 Å². The number of rotatable bonds is 7. The van der Waals surface area contributed by atoms with Gasteiger partial charge in [0.25, 0.3) is 0 Å². The first kappa shape index (κ1) is 21.0. The molecule has 3 rings (SSSR count). The first-order valence-corrected chi connectivity index (χ1v) is 10.2. The van der Waals surface area contributed by atoms with Crippen LogP contribution in [0.5, 0.6) is 11.5 Å². The lowest BCUT2D eigenvalue weighted by Gasteiger charge is -2.34. The van der Waals surface area contributed by atoms with E-state index >= 15 is 0 Å². The van der Waals surface area contributed by atoms with Crippen LogP contribution in [-0.4, -0.2) is 62.3 Å². The smallest absolute Gasteiger partial charge is 0.321 e. The van der Waals surface area contributed by atoms with E-state index in [1.54, 1.807) is 7.11 Å². The Morgan fingerprint density at radius 3 is 2.31 bits per heavy atom. The highest BCUT2D eigenvalue weighted by Crippen LogP contribution is 2.24. The summed E-state index contributed by atoms with van der Waals surface area (Å²) < 4.78 is 11.0. The van der Waals surface area contributed by atoms with Gasteiger partial charge in [-0.1, -0.05) is 32.0 Å². The molecule has 6 heteroatoms. The van der Waals surface area contributed by atoms with E-state index in [0.717, 1.165) is 55.5 Å². The Hall–Kier alpha value is -2.73. The van der Waals surface area contributed by atoms with Crippen LogP contribution in [0.25, 0.3) is 0 Å². The summed E-state index contributed by atoms with van der Waals surface area (Å²) in [7, 11) is 1.65. The van der Waals surface area contributed by atoms with Crippen LogP contribution in [0.4, 0.5) is 10.5 Å². The molecule has 6 nitrogen and oxygen atoms in total. The van der Waals surface area contributed by atoms with Gasteiger partial charge in [-0.15, -0.1) is 0 Å². The van der Waals surface area contributed by atoms with Crippen molar-refractivity contribution in [2.45, 2.75) is 19.8 Å². The number of para-hydroxylation sites is 1. The molecule has 1 heterocycles. The Balaban J connectivity index is 1.41. The quantitative estimate of drug-likeness (QED) is 0.766. The molecule has 1 aliphatic heterocycles. The highest BCUT2D eigenvalue weighted by molar-refractivity contribution is 5.90. The van der Waals surface area contributed by atoms with E-state index in [0.29, 0.717) is 12.5 Å². The van der Waals surface area contributed by atoms with Crippen molar-refractivity contribution in [2.24, 2.45) is 0 Å². The van der Waals surface area contributed by atoms with Gasteiger partial charge in [-0.25, -0.2) is 4.79 Å². The second-order valence-corrected chi connectivity index (χ2v) is 7.52. The summed E-state index contributed by atoms with van der Waals surface area (Å²) in [4.78, 5) is 16.9. The predicted octanol–water partition coefficient (Wildman–Crippen LogP) is 4.05. The average Bonchev–Trinajstić information content (AvgIpc) is 2.75. The number of hydrogen-bond acceptors (Lipinski definition) is 4. The lowest BCUT2D eigenvalue weighted by molar-refractivity contribution is 0.132. The van der Waals surface area contributed by atoms with E-state index in [4.69, 9.17) is 9.47 Å². The van der Waals surface area contributed by atoms with Crippen molar-refractivity contribution >= 4 is 11.7 Å². The molecule has 2 aromatic rings. The minimum Gasteiger partial charge on any atom is -0.497 e. The fourth-order valence-electron chi connectivity index (χ4n) is 3.45. The van der Waals surface area contributed by atoms with Gasteiger partial charge in [-0.3, -0.25) is 4.90 Å². The average molecular weight is 398 g/mol. The summed E-state index contributed by atoms with van der Waals surface area (Å²) in [6, 6.07) is 15.6. The number of ether oxygens (including phenoxy) is 2. The van der Waals surface area contributed by atoms with Gasteiger partial charge in [0.1, 0.15) is 18.1 Å². The number of piperazine rings is 1. The second kappa shape index (κ2) is 10.2. The van der Waals surface area contributed by atoms with Crippen molar-refractivity contribution in [3.8, 4) is 11.5 Å². The molecular weight excluding hydrogens is 366 g/mol. The van der Waals surface area contributed by atoms with Crippen molar-refractivity contribution in [3.05, 3.63) is 54.1 Å². The van der Waals surface area contributed by atoms with E-state index in [1.807, 2.05) is 47.4 Å². The molecule has 1 N–H and O–H groups in total. The fraction of sp³-hybridized carbons (Fsp3) is 0.435. The van der Waals surface area contributed by atoms with E-state index in [-0.39, 0.29) is 6.03 Å². The zero-order valence-electron chi connectivity index (χ0n) is 17.6. The summed E-state index contributed by atoms with van der Waals surface area (Å²) >= 11 is 0. The normalized spacial score (nSPS) is 14.7. The Morgan fingerprint density at radius 2 is 1.66 bits per heavy atom. The minimum absolute atomic E-state index is 0.0211. The summed E-state index contributed by atoms with van der Waals surface area (Å²) in [6.07, 6.45) is 0. The molecule has 2 aromatic carbocycles. The first-order chi connectivity index (χ1) is 14.1. The van der Waals surface area contributed by atoms with Crippen LogP contribution < -0.4 is 14.8 Å². The summed E-state index contributed by atoms with van der Waals surface area (Å²) in [5.74, 6) is 2.03. The molecule has 0 atom stereocenters. The molecule has 0 aromatic heterocycles. The molecule has 0 spiro atoms. The zero-order chi connectivity index (χ0) is 20.6. The van der Waals surface area contributed by atoms with Gasteiger partial charge < -0.3 is 19.7 Å². The van der Waals surface area contributed by atoms with Crippen LogP contribution in [0.1, 0.15) is 25.3 Å². The predicted molar refractivity (Wildman–Crippen MR) is 116 cm³/mol. The topological polar surface area (TPSA) is 54.0 Å². The number of methoxy groups -OCH3 is 1. The van der Waals surface area contributed by atoms with Crippen molar-refractivity contribution in [2.75, 3.05) is 51.8 Å². The maximum absolute atomic E-state index is 12.7. The van der Waals surface area contributed by atoms with Crippen molar-refractivity contribution in [3.63, 3.8) is 0 Å². The third-order valence-corrected chi connectivity index (χ3v) is 5.22. The first-order valence-electron chi connectivity index (χ1n) is 10.2. The lowest BCUT2D eigenvalue weighted by atomic mass is 10.0. The van der Waals surface area contributed by atoms with Crippen LogP contribution in [0, 0.1) is 0 Å². The second-order valence-electron chi connectivity index (χ2n) is 7.52. The molecule has 1 aliphatic rings. The van der Waals surface area contributed by atoms with Gasteiger partial charge in [0.2, 0.25) is 0 Å².